The van der Waals surface area contributed by atoms with Crippen molar-refractivity contribution in [2.75, 3.05) is 6.26 Å². The van der Waals surface area contributed by atoms with E-state index < -0.39 is 9.84 Å². The molecule has 1 aromatic carbocycles. The lowest BCUT2D eigenvalue weighted by atomic mass is 10.3. The van der Waals surface area contributed by atoms with Crippen molar-refractivity contribution in [3.8, 4) is 5.75 Å². The van der Waals surface area contributed by atoms with Crippen LogP contribution in [-0.2, 0) is 9.84 Å². The molecule has 13 heavy (non-hydrogen) atoms. The highest BCUT2D eigenvalue weighted by Gasteiger charge is 2.05. The molecule has 0 spiro atoms. The first kappa shape index (κ1) is 9.73. The van der Waals surface area contributed by atoms with E-state index in [9.17, 15) is 8.42 Å². The Kier molecular flexibility index (Phi) is 2.67. The summed E-state index contributed by atoms with van der Waals surface area (Å²) in [7, 11) is -3.15. The van der Waals surface area contributed by atoms with E-state index in [1.54, 1.807) is 0 Å². The van der Waals surface area contributed by atoms with Gasteiger partial charge in [-0.05, 0) is 24.3 Å². The highest BCUT2D eigenvalue weighted by atomic mass is 32.2. The molecule has 0 saturated carbocycles. The molecule has 0 saturated heterocycles. The van der Waals surface area contributed by atoms with E-state index in [4.69, 9.17) is 10.1 Å². The molecule has 4 nitrogen and oxygen atoms in total. The maximum Gasteiger partial charge on any atom is 0.175 e. The smallest absolute Gasteiger partial charge is 0.175 e. The number of rotatable bonds is 3. The van der Waals surface area contributed by atoms with Crippen LogP contribution >= 0.6 is 0 Å². The summed E-state index contributed by atoms with van der Waals surface area (Å²) >= 11 is 0. The Morgan fingerprint density at radius 3 is 2.23 bits per heavy atom. The fourth-order valence-corrected chi connectivity index (χ4v) is 1.46. The van der Waals surface area contributed by atoms with Crippen molar-refractivity contribution in [3.05, 3.63) is 24.3 Å². The summed E-state index contributed by atoms with van der Waals surface area (Å²) in [6, 6.07) is 5.88. The summed E-state index contributed by atoms with van der Waals surface area (Å²) in [6.45, 7) is 0. The van der Waals surface area contributed by atoms with Crippen molar-refractivity contribution in [3.63, 3.8) is 0 Å². The Balaban J connectivity index is 3.01. The summed E-state index contributed by atoms with van der Waals surface area (Å²) in [5, 5.41) is 6.65. The second-order valence-electron chi connectivity index (χ2n) is 2.48. The van der Waals surface area contributed by atoms with Gasteiger partial charge in [0.25, 0.3) is 0 Å². The average Bonchev–Trinajstić information content (AvgIpc) is 2.04. The predicted molar refractivity (Wildman–Crippen MR) is 49.0 cm³/mol. The molecule has 0 aliphatic heterocycles. The van der Waals surface area contributed by atoms with Crippen LogP contribution in [0.25, 0.3) is 0 Å². The van der Waals surface area contributed by atoms with Gasteiger partial charge in [-0.15, -0.1) is 0 Å². The first-order valence-corrected chi connectivity index (χ1v) is 5.39. The number of sulfone groups is 1. The van der Waals surface area contributed by atoms with Gasteiger partial charge >= 0.3 is 0 Å². The summed E-state index contributed by atoms with van der Waals surface area (Å²) < 4.78 is 26.8. The minimum absolute atomic E-state index is 0.241. The third kappa shape index (κ3) is 2.55. The molecule has 0 atom stereocenters. The van der Waals surface area contributed by atoms with Gasteiger partial charge in [0.1, 0.15) is 5.75 Å². The highest BCUT2D eigenvalue weighted by molar-refractivity contribution is 7.90. The second-order valence-corrected chi connectivity index (χ2v) is 4.50. The van der Waals surface area contributed by atoms with Crippen LogP contribution in [0.1, 0.15) is 0 Å². The van der Waals surface area contributed by atoms with E-state index in [0.29, 0.717) is 5.75 Å². The minimum Gasteiger partial charge on any atom is -0.446 e. The molecule has 0 amide bonds. The average molecular weight is 199 g/mol. The van der Waals surface area contributed by atoms with E-state index in [0.717, 1.165) is 12.7 Å². The van der Waals surface area contributed by atoms with E-state index in [-0.39, 0.29) is 4.90 Å². The van der Waals surface area contributed by atoms with Gasteiger partial charge in [-0.2, -0.15) is 0 Å². The van der Waals surface area contributed by atoms with E-state index in [1.807, 2.05) is 0 Å². The van der Waals surface area contributed by atoms with Crippen LogP contribution in [0.2, 0.25) is 0 Å². The van der Waals surface area contributed by atoms with Crippen LogP contribution in [0.15, 0.2) is 29.2 Å². The van der Waals surface area contributed by atoms with Gasteiger partial charge in [-0.3, -0.25) is 5.41 Å². The number of hydrogen-bond donors (Lipinski definition) is 1. The molecule has 1 N–H and O–H groups in total. The van der Waals surface area contributed by atoms with Crippen LogP contribution in [0.5, 0.6) is 5.75 Å². The predicted octanol–water partition coefficient (Wildman–Crippen LogP) is 1.08. The molecular formula is C8H9NO3S. The largest absolute Gasteiger partial charge is 0.446 e. The summed E-state index contributed by atoms with van der Waals surface area (Å²) in [4.78, 5) is 0.241. The quantitative estimate of drug-likeness (QED) is 0.585. The zero-order chi connectivity index (χ0) is 9.90. The zero-order valence-corrected chi connectivity index (χ0v) is 7.84. The van der Waals surface area contributed by atoms with Crippen LogP contribution in [0.4, 0.5) is 0 Å². The van der Waals surface area contributed by atoms with Crippen molar-refractivity contribution in [2.45, 2.75) is 4.90 Å². The fraction of sp³-hybridized carbons (Fsp3) is 0.125. The van der Waals surface area contributed by atoms with Gasteiger partial charge in [-0.1, -0.05) is 0 Å². The Bertz CT molecular complexity index is 394. The van der Waals surface area contributed by atoms with Crippen LogP contribution in [-0.4, -0.2) is 21.1 Å². The Morgan fingerprint density at radius 2 is 1.85 bits per heavy atom. The minimum atomic E-state index is -3.15. The van der Waals surface area contributed by atoms with Crippen molar-refractivity contribution < 1.29 is 13.2 Å². The highest BCUT2D eigenvalue weighted by Crippen LogP contribution is 2.14. The Morgan fingerprint density at radius 1 is 1.31 bits per heavy atom. The molecule has 0 heterocycles. The monoisotopic (exact) mass is 199 g/mol. The van der Waals surface area contributed by atoms with E-state index in [1.165, 1.54) is 24.3 Å². The topological polar surface area (TPSA) is 67.2 Å². The lowest BCUT2D eigenvalue weighted by molar-refractivity contribution is 0.569. The first-order valence-electron chi connectivity index (χ1n) is 3.50. The van der Waals surface area contributed by atoms with Crippen molar-refractivity contribution in [1.82, 2.24) is 0 Å². The normalized spacial score (nSPS) is 10.8. The number of ether oxygens (including phenoxy) is 1. The number of nitrogens with one attached hydrogen (secondary N) is 1. The Labute approximate surface area is 76.6 Å². The van der Waals surface area contributed by atoms with Crippen LogP contribution in [0, 0.1) is 5.41 Å². The number of benzene rings is 1. The van der Waals surface area contributed by atoms with Gasteiger partial charge in [0, 0.05) is 6.26 Å². The van der Waals surface area contributed by atoms with Gasteiger partial charge in [0.15, 0.2) is 16.2 Å². The molecule has 0 unspecified atom stereocenters. The molecule has 0 aromatic heterocycles. The van der Waals surface area contributed by atoms with E-state index in [2.05, 4.69) is 0 Å². The molecule has 70 valence electrons. The van der Waals surface area contributed by atoms with Crippen LogP contribution in [0.3, 0.4) is 0 Å². The molecule has 0 aliphatic rings. The van der Waals surface area contributed by atoms with Crippen LogP contribution < -0.4 is 4.74 Å². The molecule has 1 rings (SSSR count). The summed E-state index contributed by atoms with van der Waals surface area (Å²) in [5.41, 5.74) is 0. The van der Waals surface area contributed by atoms with Gasteiger partial charge in [0.2, 0.25) is 0 Å². The molecule has 0 bridgehead atoms. The van der Waals surface area contributed by atoms with Crippen molar-refractivity contribution >= 4 is 16.2 Å². The molecule has 5 heteroatoms. The standard InChI is InChI=1S/C8H9NO3S/c1-13(10,11)8-4-2-7(3-5-8)12-6-9/h2-6,9H,1H3. The van der Waals surface area contributed by atoms with E-state index >= 15 is 0 Å². The number of hydrogen-bond acceptors (Lipinski definition) is 4. The molecular weight excluding hydrogens is 190 g/mol. The summed E-state index contributed by atoms with van der Waals surface area (Å²) in [5.74, 6) is 0.447. The van der Waals surface area contributed by atoms with Crippen molar-refractivity contribution in [2.24, 2.45) is 0 Å². The maximum atomic E-state index is 11.0. The summed E-state index contributed by atoms with van der Waals surface area (Å²) in [6.07, 6.45) is 1.93. The zero-order valence-electron chi connectivity index (χ0n) is 7.02. The molecule has 0 fully saturated rings. The lowest BCUT2D eigenvalue weighted by Crippen LogP contribution is -1.96. The molecule has 1 aromatic rings. The van der Waals surface area contributed by atoms with Gasteiger partial charge in [0.05, 0.1) is 4.90 Å². The second kappa shape index (κ2) is 3.57. The van der Waals surface area contributed by atoms with Gasteiger partial charge in [-0.25, -0.2) is 8.42 Å². The molecule has 0 radical (unpaired) electrons. The third-order valence-corrected chi connectivity index (χ3v) is 2.58. The van der Waals surface area contributed by atoms with Gasteiger partial charge < -0.3 is 4.74 Å². The van der Waals surface area contributed by atoms with Crippen molar-refractivity contribution in [1.29, 1.82) is 5.41 Å². The third-order valence-electron chi connectivity index (χ3n) is 1.45. The SMILES string of the molecule is CS(=O)(=O)c1ccc(OC=N)cc1. The molecule has 0 aliphatic carbocycles. The fourth-order valence-electron chi connectivity index (χ4n) is 0.833. The Hall–Kier alpha value is -1.36. The first-order chi connectivity index (χ1) is 6.04. The maximum absolute atomic E-state index is 11.0. The lowest BCUT2D eigenvalue weighted by Gasteiger charge is -2.00.